The third-order valence-corrected chi connectivity index (χ3v) is 3.55. The predicted octanol–water partition coefficient (Wildman–Crippen LogP) is 0.980. The summed E-state index contributed by atoms with van der Waals surface area (Å²) in [5.41, 5.74) is 6.07. The Labute approximate surface area is 121 Å². The maximum atomic E-state index is 11.3. The second-order valence-electron chi connectivity index (χ2n) is 4.97. The number of aryl methyl sites for hydroxylation is 1. The highest BCUT2D eigenvalue weighted by Gasteiger charge is 2.36. The fourth-order valence-corrected chi connectivity index (χ4v) is 2.38. The first-order chi connectivity index (χ1) is 9.08. The maximum Gasteiger partial charge on any atom is 0.278 e. The van der Waals surface area contributed by atoms with Crippen LogP contribution in [0.4, 0.5) is 0 Å². The van der Waals surface area contributed by atoms with Gasteiger partial charge >= 0.3 is 0 Å². The summed E-state index contributed by atoms with van der Waals surface area (Å²) in [5, 5.41) is 8.03. The Morgan fingerprint density at radius 2 is 2.05 bits per heavy atom. The topological polar surface area (TPSA) is 99.8 Å². The molecule has 3 rings (SSSR count). The molecule has 0 unspecified atom stereocenters. The molecule has 0 radical (unpaired) electrons. The van der Waals surface area contributed by atoms with E-state index in [2.05, 4.69) is 15.2 Å². The van der Waals surface area contributed by atoms with E-state index < -0.39 is 5.54 Å². The highest BCUT2D eigenvalue weighted by Crippen LogP contribution is 2.35. The van der Waals surface area contributed by atoms with Gasteiger partial charge in [-0.15, -0.1) is 12.4 Å². The van der Waals surface area contributed by atoms with Crippen LogP contribution in [0.1, 0.15) is 31.5 Å². The number of hydrogen-bond donors (Lipinski definition) is 1. The molecule has 1 fully saturated rings. The van der Waals surface area contributed by atoms with E-state index in [9.17, 15) is 4.79 Å². The first-order valence-electron chi connectivity index (χ1n) is 6.26. The molecular weight excluding hydrogens is 282 g/mol. The second-order valence-corrected chi connectivity index (χ2v) is 4.97. The van der Waals surface area contributed by atoms with Gasteiger partial charge in [0.1, 0.15) is 5.69 Å². The SMILES string of the molecule is Cl.Cn1nc(-c2nc(C3(N)CCCC3)no2)ccc1=O. The first kappa shape index (κ1) is 14.7. The van der Waals surface area contributed by atoms with Crippen LogP contribution >= 0.6 is 12.4 Å². The Bertz CT molecular complexity index is 660. The zero-order chi connectivity index (χ0) is 13.5. The van der Waals surface area contributed by atoms with Gasteiger partial charge in [-0.1, -0.05) is 18.0 Å². The van der Waals surface area contributed by atoms with Crippen molar-refractivity contribution in [2.75, 3.05) is 0 Å². The van der Waals surface area contributed by atoms with Gasteiger partial charge in [0.25, 0.3) is 11.4 Å². The summed E-state index contributed by atoms with van der Waals surface area (Å²) in [6.45, 7) is 0. The molecular formula is C12H16ClN5O2. The van der Waals surface area contributed by atoms with Gasteiger partial charge in [-0.05, 0) is 18.9 Å². The summed E-state index contributed by atoms with van der Waals surface area (Å²) in [7, 11) is 1.57. The van der Waals surface area contributed by atoms with Crippen LogP contribution in [-0.2, 0) is 12.6 Å². The van der Waals surface area contributed by atoms with Crippen molar-refractivity contribution in [3.63, 3.8) is 0 Å². The summed E-state index contributed by atoms with van der Waals surface area (Å²) in [5.74, 6) is 0.818. The summed E-state index contributed by atoms with van der Waals surface area (Å²) >= 11 is 0. The fraction of sp³-hybridized carbons (Fsp3) is 0.500. The normalized spacial score (nSPS) is 16.9. The molecule has 20 heavy (non-hydrogen) atoms. The van der Waals surface area contributed by atoms with Crippen LogP contribution in [-0.4, -0.2) is 19.9 Å². The van der Waals surface area contributed by atoms with Crippen molar-refractivity contribution in [2.24, 2.45) is 12.8 Å². The van der Waals surface area contributed by atoms with Crippen molar-refractivity contribution in [3.05, 3.63) is 28.3 Å². The molecule has 0 aliphatic heterocycles. The molecule has 1 aliphatic carbocycles. The molecule has 0 aromatic carbocycles. The molecule has 2 heterocycles. The van der Waals surface area contributed by atoms with E-state index in [1.54, 1.807) is 13.1 Å². The molecule has 0 amide bonds. The number of aromatic nitrogens is 4. The molecule has 7 nitrogen and oxygen atoms in total. The molecule has 2 N–H and O–H groups in total. The molecule has 1 aliphatic rings. The number of nitrogens with zero attached hydrogens (tertiary/aromatic N) is 4. The van der Waals surface area contributed by atoms with E-state index in [0.29, 0.717) is 17.4 Å². The van der Waals surface area contributed by atoms with Crippen LogP contribution in [0.3, 0.4) is 0 Å². The third-order valence-electron chi connectivity index (χ3n) is 3.55. The molecule has 0 atom stereocenters. The minimum Gasteiger partial charge on any atom is -0.332 e. The minimum atomic E-state index is -0.484. The average molecular weight is 298 g/mol. The quantitative estimate of drug-likeness (QED) is 0.887. The Morgan fingerprint density at radius 3 is 2.70 bits per heavy atom. The Kier molecular flexibility index (Phi) is 3.92. The highest BCUT2D eigenvalue weighted by molar-refractivity contribution is 5.85. The number of hydrogen-bond acceptors (Lipinski definition) is 6. The Hall–Kier alpha value is -1.73. The van der Waals surface area contributed by atoms with Gasteiger partial charge in [0.05, 0.1) is 5.54 Å². The predicted molar refractivity (Wildman–Crippen MR) is 74.4 cm³/mol. The molecule has 0 bridgehead atoms. The van der Waals surface area contributed by atoms with Crippen LogP contribution in [0.2, 0.25) is 0 Å². The van der Waals surface area contributed by atoms with Gasteiger partial charge in [-0.25, -0.2) is 4.68 Å². The van der Waals surface area contributed by atoms with Gasteiger partial charge in [-0.3, -0.25) is 4.79 Å². The van der Waals surface area contributed by atoms with Gasteiger partial charge in [0, 0.05) is 13.1 Å². The van der Waals surface area contributed by atoms with Gasteiger partial charge in [-0.2, -0.15) is 10.1 Å². The molecule has 2 aromatic heterocycles. The average Bonchev–Trinajstić information content (AvgIpc) is 3.02. The zero-order valence-electron chi connectivity index (χ0n) is 11.1. The number of halogens is 1. The van der Waals surface area contributed by atoms with E-state index in [0.717, 1.165) is 25.7 Å². The lowest BCUT2D eigenvalue weighted by atomic mass is 9.99. The summed E-state index contributed by atoms with van der Waals surface area (Å²) in [6, 6.07) is 2.98. The van der Waals surface area contributed by atoms with E-state index in [1.165, 1.54) is 10.7 Å². The number of rotatable bonds is 2. The summed E-state index contributed by atoms with van der Waals surface area (Å²) < 4.78 is 6.43. The first-order valence-corrected chi connectivity index (χ1v) is 6.26. The smallest absolute Gasteiger partial charge is 0.278 e. The van der Waals surface area contributed by atoms with E-state index in [-0.39, 0.29) is 18.0 Å². The zero-order valence-corrected chi connectivity index (χ0v) is 11.9. The lowest BCUT2D eigenvalue weighted by Crippen LogP contribution is -2.34. The molecule has 2 aromatic rings. The van der Waals surface area contributed by atoms with Crippen LogP contribution in [0.15, 0.2) is 21.5 Å². The third kappa shape index (κ3) is 2.46. The van der Waals surface area contributed by atoms with Crippen molar-refractivity contribution in [3.8, 4) is 11.6 Å². The van der Waals surface area contributed by atoms with Crippen molar-refractivity contribution in [1.29, 1.82) is 0 Å². The number of nitrogens with two attached hydrogens (primary N) is 1. The Morgan fingerprint density at radius 1 is 1.35 bits per heavy atom. The maximum absolute atomic E-state index is 11.3. The van der Waals surface area contributed by atoms with Crippen LogP contribution in [0.5, 0.6) is 0 Å². The lowest BCUT2D eigenvalue weighted by molar-refractivity contribution is 0.372. The van der Waals surface area contributed by atoms with Gasteiger partial charge in [0.2, 0.25) is 0 Å². The molecule has 1 saturated carbocycles. The van der Waals surface area contributed by atoms with E-state index in [1.807, 2.05) is 0 Å². The van der Waals surface area contributed by atoms with E-state index in [4.69, 9.17) is 10.3 Å². The van der Waals surface area contributed by atoms with E-state index >= 15 is 0 Å². The highest BCUT2D eigenvalue weighted by atomic mass is 35.5. The Balaban J connectivity index is 0.00000147. The van der Waals surface area contributed by atoms with Crippen LogP contribution in [0, 0.1) is 0 Å². The molecule has 0 saturated heterocycles. The van der Waals surface area contributed by atoms with Crippen molar-refractivity contribution >= 4 is 12.4 Å². The largest absolute Gasteiger partial charge is 0.332 e. The molecule has 108 valence electrons. The van der Waals surface area contributed by atoms with Crippen molar-refractivity contribution < 1.29 is 4.52 Å². The lowest BCUT2D eigenvalue weighted by Gasteiger charge is -2.17. The summed E-state index contributed by atoms with van der Waals surface area (Å²) in [6.07, 6.45) is 3.90. The van der Waals surface area contributed by atoms with Crippen LogP contribution in [0.25, 0.3) is 11.6 Å². The monoisotopic (exact) mass is 297 g/mol. The van der Waals surface area contributed by atoms with Crippen molar-refractivity contribution in [2.45, 2.75) is 31.2 Å². The molecule has 8 heteroatoms. The molecule has 0 spiro atoms. The summed E-state index contributed by atoms with van der Waals surface area (Å²) in [4.78, 5) is 15.6. The standard InChI is InChI=1S/C12H15N5O2.ClH/c1-17-9(18)5-4-8(15-17)10-14-11(16-19-10)12(13)6-2-3-7-12;/h4-5H,2-3,6-7,13H2,1H3;1H. The fourth-order valence-electron chi connectivity index (χ4n) is 2.38. The van der Waals surface area contributed by atoms with Gasteiger partial charge in [0.15, 0.2) is 5.82 Å². The second kappa shape index (κ2) is 5.34. The van der Waals surface area contributed by atoms with Gasteiger partial charge < -0.3 is 10.3 Å². The van der Waals surface area contributed by atoms with Crippen LogP contribution < -0.4 is 11.3 Å². The van der Waals surface area contributed by atoms with Crippen molar-refractivity contribution in [1.82, 2.24) is 19.9 Å². The minimum absolute atomic E-state index is 0.